The summed E-state index contributed by atoms with van der Waals surface area (Å²) in [6.07, 6.45) is 7.33. The summed E-state index contributed by atoms with van der Waals surface area (Å²) in [6.45, 7) is 14.4. The van der Waals surface area contributed by atoms with Crippen molar-refractivity contribution in [3.63, 3.8) is 0 Å². The van der Waals surface area contributed by atoms with Gasteiger partial charge in [0.1, 0.15) is 7.28 Å². The first-order valence-corrected chi connectivity index (χ1v) is 7.18. The summed E-state index contributed by atoms with van der Waals surface area (Å²) in [7, 11) is 1.42. The smallest absolute Gasteiger partial charge is 0.0671 e. The van der Waals surface area contributed by atoms with Crippen molar-refractivity contribution in [3.05, 3.63) is 0 Å². The molecule has 0 aliphatic heterocycles. The molecule has 1 fully saturated rings. The van der Waals surface area contributed by atoms with E-state index in [4.69, 9.17) is 0 Å². The van der Waals surface area contributed by atoms with Crippen molar-refractivity contribution >= 4 is 7.28 Å². The zero-order valence-electron chi connectivity index (χ0n) is 12.4. The summed E-state index contributed by atoms with van der Waals surface area (Å²) in [5.74, 6) is 1.95. The Morgan fingerprint density at radius 1 is 0.812 bits per heavy atom. The van der Waals surface area contributed by atoms with Crippen LogP contribution in [-0.4, -0.2) is 7.28 Å². The van der Waals surface area contributed by atoms with Gasteiger partial charge in [-0.2, -0.15) is 0 Å². The summed E-state index contributed by atoms with van der Waals surface area (Å²) in [5.41, 5.74) is 0.524. The third-order valence-corrected chi connectivity index (χ3v) is 4.21. The van der Waals surface area contributed by atoms with E-state index in [9.17, 15) is 0 Å². The summed E-state index contributed by atoms with van der Waals surface area (Å²) in [4.78, 5) is 0. The Bertz CT molecular complexity index is 206. The Hall–Kier alpha value is 0.0649. The second-order valence-corrected chi connectivity index (χ2v) is 8.20. The van der Waals surface area contributed by atoms with Crippen LogP contribution in [0.5, 0.6) is 0 Å². The predicted molar refractivity (Wildman–Crippen MR) is 76.6 cm³/mol. The molecule has 0 bridgehead atoms. The van der Waals surface area contributed by atoms with E-state index < -0.39 is 0 Å². The minimum absolute atomic E-state index is 0.520. The SMILES string of the molecule is CC(C)(C)BC1CCCC(C(C)(C)C)CC1. The molecule has 0 aromatic carbocycles. The highest BCUT2D eigenvalue weighted by Crippen LogP contribution is 2.41. The molecule has 1 rings (SSSR count). The second kappa shape index (κ2) is 5.15. The highest BCUT2D eigenvalue weighted by molar-refractivity contribution is 6.41. The Labute approximate surface area is 104 Å². The van der Waals surface area contributed by atoms with E-state index in [-0.39, 0.29) is 0 Å². The van der Waals surface area contributed by atoms with Gasteiger partial charge in [0.15, 0.2) is 0 Å². The lowest BCUT2D eigenvalue weighted by molar-refractivity contribution is 0.215. The fraction of sp³-hybridized carbons (Fsp3) is 1.00. The van der Waals surface area contributed by atoms with Crippen molar-refractivity contribution in [3.8, 4) is 0 Å². The summed E-state index contributed by atoms with van der Waals surface area (Å²) in [5, 5.41) is 0.520. The molecular formula is C15H31B. The van der Waals surface area contributed by atoms with E-state index in [1.54, 1.807) is 0 Å². The van der Waals surface area contributed by atoms with Gasteiger partial charge in [0.2, 0.25) is 0 Å². The first kappa shape index (κ1) is 14.1. The molecule has 0 saturated heterocycles. The molecule has 0 aromatic rings. The molecule has 1 aliphatic carbocycles. The Balaban J connectivity index is 2.47. The monoisotopic (exact) mass is 222 g/mol. The van der Waals surface area contributed by atoms with Gasteiger partial charge in [-0.15, -0.1) is 0 Å². The van der Waals surface area contributed by atoms with Gasteiger partial charge >= 0.3 is 0 Å². The van der Waals surface area contributed by atoms with Gasteiger partial charge in [-0.1, -0.05) is 78.4 Å². The van der Waals surface area contributed by atoms with Crippen LogP contribution in [0, 0.1) is 11.3 Å². The minimum Gasteiger partial charge on any atom is -0.0671 e. The molecule has 0 spiro atoms. The van der Waals surface area contributed by atoms with Crippen LogP contribution in [0.2, 0.25) is 11.1 Å². The van der Waals surface area contributed by atoms with E-state index in [1.807, 2.05) is 0 Å². The average Bonchev–Trinajstić information content (AvgIpc) is 2.25. The molecule has 0 amide bonds. The Morgan fingerprint density at radius 2 is 1.44 bits per heavy atom. The molecule has 2 unspecified atom stereocenters. The molecule has 2 atom stereocenters. The fourth-order valence-electron chi connectivity index (χ4n) is 3.31. The molecule has 0 heterocycles. The largest absolute Gasteiger partial charge is 0.130 e. The number of hydrogen-bond acceptors (Lipinski definition) is 0. The maximum atomic E-state index is 2.42. The van der Waals surface area contributed by atoms with Gasteiger partial charge in [-0.25, -0.2) is 0 Å². The molecule has 0 aromatic heterocycles. The normalized spacial score (nSPS) is 28.6. The van der Waals surface area contributed by atoms with Crippen molar-refractivity contribution < 1.29 is 0 Å². The van der Waals surface area contributed by atoms with E-state index in [0.717, 1.165) is 11.7 Å². The molecule has 1 saturated carbocycles. The van der Waals surface area contributed by atoms with Crippen molar-refractivity contribution in [1.82, 2.24) is 0 Å². The van der Waals surface area contributed by atoms with Crippen LogP contribution in [0.1, 0.15) is 73.6 Å². The van der Waals surface area contributed by atoms with E-state index in [1.165, 1.54) is 39.4 Å². The van der Waals surface area contributed by atoms with Crippen LogP contribution in [0.15, 0.2) is 0 Å². The van der Waals surface area contributed by atoms with E-state index in [0.29, 0.717) is 10.7 Å². The standard InChI is InChI=1S/C15H31B/c1-14(2,3)12-8-7-9-13(11-10-12)16-15(4,5)6/h12-13,16H,7-11H2,1-6H3. The Kier molecular flexibility index (Phi) is 4.54. The predicted octanol–water partition coefficient (Wildman–Crippen LogP) is 5.06. The van der Waals surface area contributed by atoms with Gasteiger partial charge in [0, 0.05) is 0 Å². The second-order valence-electron chi connectivity index (χ2n) is 8.20. The summed E-state index contributed by atoms with van der Waals surface area (Å²) in [6, 6.07) is 0. The maximum Gasteiger partial charge on any atom is 0.130 e. The highest BCUT2D eigenvalue weighted by atomic mass is 14.3. The lowest BCUT2D eigenvalue weighted by Crippen LogP contribution is -2.20. The maximum absolute atomic E-state index is 2.42. The lowest BCUT2D eigenvalue weighted by atomic mass is 9.46. The quantitative estimate of drug-likeness (QED) is 0.430. The van der Waals surface area contributed by atoms with Gasteiger partial charge in [0.25, 0.3) is 0 Å². The molecule has 0 N–H and O–H groups in total. The van der Waals surface area contributed by atoms with Crippen LogP contribution >= 0.6 is 0 Å². The number of rotatable bonds is 1. The van der Waals surface area contributed by atoms with E-state index >= 15 is 0 Å². The van der Waals surface area contributed by atoms with Crippen molar-refractivity contribution in [2.75, 3.05) is 0 Å². The summed E-state index contributed by atoms with van der Waals surface area (Å²) >= 11 is 0. The van der Waals surface area contributed by atoms with Crippen LogP contribution < -0.4 is 0 Å². The molecular weight excluding hydrogens is 191 g/mol. The van der Waals surface area contributed by atoms with Crippen LogP contribution in [0.4, 0.5) is 0 Å². The van der Waals surface area contributed by atoms with Gasteiger partial charge in [0.05, 0.1) is 0 Å². The van der Waals surface area contributed by atoms with Crippen molar-refractivity contribution in [2.45, 2.75) is 84.8 Å². The first-order chi connectivity index (χ1) is 7.18. The molecule has 16 heavy (non-hydrogen) atoms. The number of hydrogen-bond donors (Lipinski definition) is 0. The van der Waals surface area contributed by atoms with E-state index in [2.05, 4.69) is 41.5 Å². The molecule has 0 radical (unpaired) electrons. The minimum atomic E-state index is 0.520. The highest BCUT2D eigenvalue weighted by Gasteiger charge is 2.29. The van der Waals surface area contributed by atoms with Gasteiger partial charge in [-0.05, 0) is 17.8 Å². The van der Waals surface area contributed by atoms with Crippen LogP contribution in [0.3, 0.4) is 0 Å². The molecule has 94 valence electrons. The van der Waals surface area contributed by atoms with Gasteiger partial charge in [-0.3, -0.25) is 0 Å². The fourth-order valence-corrected chi connectivity index (χ4v) is 3.31. The Morgan fingerprint density at radius 3 is 1.94 bits per heavy atom. The first-order valence-electron chi connectivity index (χ1n) is 7.18. The lowest BCUT2D eigenvalue weighted by Gasteiger charge is -2.30. The third kappa shape index (κ3) is 4.93. The van der Waals surface area contributed by atoms with Crippen molar-refractivity contribution in [1.29, 1.82) is 0 Å². The molecule has 1 heteroatoms. The molecule has 0 nitrogen and oxygen atoms in total. The van der Waals surface area contributed by atoms with Gasteiger partial charge < -0.3 is 0 Å². The summed E-state index contributed by atoms with van der Waals surface area (Å²) < 4.78 is 0. The third-order valence-electron chi connectivity index (χ3n) is 4.21. The van der Waals surface area contributed by atoms with Crippen LogP contribution in [-0.2, 0) is 0 Å². The molecule has 1 aliphatic rings. The van der Waals surface area contributed by atoms with Crippen LogP contribution in [0.25, 0.3) is 0 Å². The average molecular weight is 222 g/mol. The zero-order chi connectivity index (χ0) is 12.4. The van der Waals surface area contributed by atoms with Crippen molar-refractivity contribution in [2.24, 2.45) is 11.3 Å². The zero-order valence-corrected chi connectivity index (χ0v) is 12.4. The topological polar surface area (TPSA) is 0 Å².